The molecule has 2 unspecified atom stereocenters. The second-order valence-corrected chi connectivity index (χ2v) is 6.82. The Morgan fingerprint density at radius 2 is 2.05 bits per heavy atom. The monoisotopic (exact) mass is 284 g/mol. The average molecular weight is 284 g/mol. The normalized spacial score (nSPS) is 23.6. The van der Waals surface area contributed by atoms with Gasteiger partial charge in [0.05, 0.1) is 4.90 Å². The number of hydrogen-bond donors (Lipinski definition) is 3. The molecule has 106 valence electrons. The molecule has 4 N–H and O–H groups in total. The van der Waals surface area contributed by atoms with Crippen LogP contribution in [0.25, 0.3) is 0 Å². The largest absolute Gasteiger partial charge is 0.399 e. The minimum Gasteiger partial charge on any atom is -0.399 e. The van der Waals surface area contributed by atoms with Crippen molar-refractivity contribution >= 4 is 15.7 Å². The Morgan fingerprint density at radius 3 is 2.74 bits per heavy atom. The molecule has 1 aliphatic rings. The highest BCUT2D eigenvalue weighted by Gasteiger charge is 2.28. The van der Waals surface area contributed by atoms with E-state index >= 15 is 0 Å². The van der Waals surface area contributed by atoms with Gasteiger partial charge in [0.2, 0.25) is 10.0 Å². The molecule has 0 amide bonds. The van der Waals surface area contributed by atoms with Crippen LogP contribution < -0.4 is 10.5 Å². The Hall–Kier alpha value is -1.11. The van der Waals surface area contributed by atoms with E-state index in [0.29, 0.717) is 12.2 Å². The highest BCUT2D eigenvalue weighted by atomic mass is 32.2. The zero-order valence-electron chi connectivity index (χ0n) is 10.7. The Labute approximate surface area is 113 Å². The van der Waals surface area contributed by atoms with Gasteiger partial charge in [-0.05, 0) is 42.9 Å². The Balaban J connectivity index is 2.02. The minimum atomic E-state index is -3.51. The molecule has 1 aromatic carbocycles. The van der Waals surface area contributed by atoms with Crippen molar-refractivity contribution in [3.05, 3.63) is 24.3 Å². The van der Waals surface area contributed by atoms with Crippen LogP contribution in [0.3, 0.4) is 0 Å². The SMILES string of the molecule is Nc1cccc(S(=O)(=O)NCC2CCCC2CO)c1. The van der Waals surface area contributed by atoms with E-state index in [4.69, 9.17) is 5.73 Å². The number of aliphatic hydroxyl groups excluding tert-OH is 1. The van der Waals surface area contributed by atoms with Crippen molar-refractivity contribution in [1.29, 1.82) is 0 Å². The van der Waals surface area contributed by atoms with Crippen molar-refractivity contribution in [2.45, 2.75) is 24.2 Å². The van der Waals surface area contributed by atoms with E-state index in [1.54, 1.807) is 12.1 Å². The predicted molar refractivity (Wildman–Crippen MR) is 74.0 cm³/mol. The molecule has 2 atom stereocenters. The van der Waals surface area contributed by atoms with Crippen molar-refractivity contribution < 1.29 is 13.5 Å². The fraction of sp³-hybridized carbons (Fsp3) is 0.538. The van der Waals surface area contributed by atoms with Crippen LogP contribution in [0.1, 0.15) is 19.3 Å². The van der Waals surface area contributed by atoms with Gasteiger partial charge in [0.15, 0.2) is 0 Å². The molecule has 5 nitrogen and oxygen atoms in total. The molecule has 0 aliphatic heterocycles. The van der Waals surface area contributed by atoms with Crippen molar-refractivity contribution in [3.63, 3.8) is 0 Å². The van der Waals surface area contributed by atoms with Crippen molar-refractivity contribution in [2.24, 2.45) is 11.8 Å². The van der Waals surface area contributed by atoms with E-state index in [1.807, 2.05) is 0 Å². The predicted octanol–water partition coefficient (Wildman–Crippen LogP) is 0.956. The third-order valence-electron chi connectivity index (χ3n) is 3.75. The molecule has 0 radical (unpaired) electrons. The highest BCUT2D eigenvalue weighted by Crippen LogP contribution is 2.31. The first-order valence-electron chi connectivity index (χ1n) is 6.49. The van der Waals surface area contributed by atoms with E-state index in [-0.39, 0.29) is 23.3 Å². The number of nitrogens with one attached hydrogen (secondary N) is 1. The lowest BCUT2D eigenvalue weighted by Gasteiger charge is -2.17. The summed E-state index contributed by atoms with van der Waals surface area (Å²) in [6.07, 6.45) is 2.99. The van der Waals surface area contributed by atoms with Gasteiger partial charge in [-0.1, -0.05) is 12.5 Å². The van der Waals surface area contributed by atoms with Crippen LogP contribution in [0.5, 0.6) is 0 Å². The molecule has 0 saturated heterocycles. The number of rotatable bonds is 5. The molecule has 1 aromatic rings. The standard InChI is InChI=1S/C13H20N2O3S/c14-12-5-2-6-13(7-12)19(17,18)15-8-10-3-1-4-11(10)9-16/h2,5-7,10-11,15-16H,1,3-4,8-9,14H2. The van der Waals surface area contributed by atoms with Gasteiger partial charge < -0.3 is 10.8 Å². The number of benzene rings is 1. The van der Waals surface area contributed by atoms with Gasteiger partial charge in [0, 0.05) is 18.8 Å². The topological polar surface area (TPSA) is 92.4 Å². The van der Waals surface area contributed by atoms with E-state index in [2.05, 4.69) is 4.72 Å². The van der Waals surface area contributed by atoms with Crippen LogP contribution in [0.2, 0.25) is 0 Å². The molecule has 0 heterocycles. The summed E-state index contributed by atoms with van der Waals surface area (Å²) in [6, 6.07) is 6.24. The molecule has 0 bridgehead atoms. The summed E-state index contributed by atoms with van der Waals surface area (Å²) in [4.78, 5) is 0.186. The first-order chi connectivity index (χ1) is 9.03. The molecular weight excluding hydrogens is 264 g/mol. The third kappa shape index (κ3) is 3.46. The molecular formula is C13H20N2O3S. The summed E-state index contributed by atoms with van der Waals surface area (Å²) in [5, 5.41) is 9.23. The van der Waals surface area contributed by atoms with Crippen molar-refractivity contribution in [1.82, 2.24) is 4.72 Å². The third-order valence-corrected chi connectivity index (χ3v) is 5.18. The Morgan fingerprint density at radius 1 is 1.32 bits per heavy atom. The van der Waals surface area contributed by atoms with Gasteiger partial charge in [0.1, 0.15) is 0 Å². The lowest BCUT2D eigenvalue weighted by Crippen LogP contribution is -2.31. The van der Waals surface area contributed by atoms with Crippen LogP contribution in [0.4, 0.5) is 5.69 Å². The summed E-state index contributed by atoms with van der Waals surface area (Å²) >= 11 is 0. The molecule has 0 spiro atoms. The van der Waals surface area contributed by atoms with E-state index in [0.717, 1.165) is 19.3 Å². The quantitative estimate of drug-likeness (QED) is 0.702. The second kappa shape index (κ2) is 5.90. The van der Waals surface area contributed by atoms with Gasteiger partial charge in [-0.2, -0.15) is 0 Å². The number of nitrogens with two attached hydrogens (primary N) is 1. The van der Waals surface area contributed by atoms with Gasteiger partial charge >= 0.3 is 0 Å². The molecule has 1 fully saturated rings. The van der Waals surface area contributed by atoms with Gasteiger partial charge in [-0.25, -0.2) is 13.1 Å². The maximum atomic E-state index is 12.1. The zero-order valence-corrected chi connectivity index (χ0v) is 11.6. The fourth-order valence-electron chi connectivity index (χ4n) is 2.60. The first kappa shape index (κ1) is 14.3. The number of aliphatic hydroxyl groups is 1. The molecule has 19 heavy (non-hydrogen) atoms. The zero-order chi connectivity index (χ0) is 13.9. The maximum Gasteiger partial charge on any atom is 0.240 e. The summed E-state index contributed by atoms with van der Waals surface area (Å²) in [5.74, 6) is 0.435. The number of hydrogen-bond acceptors (Lipinski definition) is 4. The summed E-state index contributed by atoms with van der Waals surface area (Å²) in [5.41, 5.74) is 6.02. The Kier molecular flexibility index (Phi) is 4.44. The maximum absolute atomic E-state index is 12.1. The van der Waals surface area contributed by atoms with Gasteiger partial charge in [-0.15, -0.1) is 0 Å². The van der Waals surface area contributed by atoms with Crippen molar-refractivity contribution in [3.8, 4) is 0 Å². The minimum absolute atomic E-state index is 0.130. The van der Waals surface area contributed by atoms with E-state index in [9.17, 15) is 13.5 Å². The van der Waals surface area contributed by atoms with Crippen LogP contribution in [-0.4, -0.2) is 26.7 Å². The summed E-state index contributed by atoms with van der Waals surface area (Å²) in [7, 11) is -3.51. The van der Waals surface area contributed by atoms with E-state index < -0.39 is 10.0 Å². The lowest BCUT2D eigenvalue weighted by molar-refractivity contribution is 0.195. The molecule has 6 heteroatoms. The van der Waals surface area contributed by atoms with Crippen LogP contribution in [0, 0.1) is 11.8 Å². The van der Waals surface area contributed by atoms with Crippen molar-refractivity contribution in [2.75, 3.05) is 18.9 Å². The molecule has 1 saturated carbocycles. The lowest BCUT2D eigenvalue weighted by atomic mass is 9.97. The summed E-state index contributed by atoms with van der Waals surface area (Å²) in [6.45, 7) is 0.507. The average Bonchev–Trinajstić information content (AvgIpc) is 2.84. The first-order valence-corrected chi connectivity index (χ1v) is 7.97. The van der Waals surface area contributed by atoms with E-state index in [1.165, 1.54) is 12.1 Å². The number of anilines is 1. The van der Waals surface area contributed by atoms with Gasteiger partial charge in [-0.3, -0.25) is 0 Å². The smallest absolute Gasteiger partial charge is 0.240 e. The van der Waals surface area contributed by atoms with Crippen LogP contribution in [-0.2, 0) is 10.0 Å². The Bertz CT molecular complexity index is 530. The molecule has 0 aromatic heterocycles. The molecule has 1 aliphatic carbocycles. The fourth-order valence-corrected chi connectivity index (χ4v) is 3.75. The van der Waals surface area contributed by atoms with Crippen LogP contribution in [0.15, 0.2) is 29.2 Å². The summed E-state index contributed by atoms with van der Waals surface area (Å²) < 4.78 is 26.8. The number of sulfonamides is 1. The van der Waals surface area contributed by atoms with Crippen LogP contribution >= 0.6 is 0 Å². The highest BCUT2D eigenvalue weighted by molar-refractivity contribution is 7.89. The molecule has 2 rings (SSSR count). The number of nitrogen functional groups attached to an aromatic ring is 1. The van der Waals surface area contributed by atoms with Gasteiger partial charge in [0.25, 0.3) is 0 Å². The second-order valence-electron chi connectivity index (χ2n) is 5.06.